The molecule has 0 spiro atoms. The number of hydrogen-bond donors (Lipinski definition) is 2. The average Bonchev–Trinajstić information content (AvgIpc) is 2.68. The Bertz CT molecular complexity index is 438. The van der Waals surface area contributed by atoms with Crippen molar-refractivity contribution in [2.24, 2.45) is 0 Å². The Morgan fingerprint density at radius 1 is 1.27 bits per heavy atom. The molecule has 1 heterocycles. The van der Waals surface area contributed by atoms with Crippen LogP contribution in [0.1, 0.15) is 5.82 Å². The highest BCUT2D eigenvalue weighted by Gasteiger charge is 2.09. The number of H-pyrrole nitrogens is 1. The van der Waals surface area contributed by atoms with E-state index in [2.05, 4.69) is 9.97 Å². The lowest BCUT2D eigenvalue weighted by molar-refractivity contribution is 0.273. The van der Waals surface area contributed by atoms with E-state index in [0.717, 1.165) is 11.0 Å². The van der Waals surface area contributed by atoms with Crippen molar-refractivity contribution in [3.05, 3.63) is 18.0 Å². The molecule has 0 atom stereocenters. The zero-order valence-electron chi connectivity index (χ0n) is 8.57. The number of benzene rings is 1. The predicted octanol–water partition coefficient (Wildman–Crippen LogP) is 1.07. The molecule has 0 radical (unpaired) electrons. The first-order chi connectivity index (χ1) is 7.28. The zero-order valence-corrected chi connectivity index (χ0v) is 8.57. The van der Waals surface area contributed by atoms with Crippen molar-refractivity contribution in [3.8, 4) is 11.5 Å². The molecule has 80 valence electrons. The molecule has 0 unspecified atom stereocenters. The molecule has 5 heteroatoms. The van der Waals surface area contributed by atoms with Gasteiger partial charge in [0.25, 0.3) is 0 Å². The highest BCUT2D eigenvalue weighted by molar-refractivity contribution is 5.79. The molecule has 2 N–H and O–H groups in total. The summed E-state index contributed by atoms with van der Waals surface area (Å²) in [5, 5.41) is 8.94. The van der Waals surface area contributed by atoms with E-state index in [9.17, 15) is 0 Å². The first kappa shape index (κ1) is 9.79. The molecule has 0 aliphatic rings. The number of aromatic amines is 1. The number of fused-ring (bicyclic) bond motifs is 1. The minimum Gasteiger partial charge on any atom is -0.493 e. The normalized spacial score (nSPS) is 10.6. The van der Waals surface area contributed by atoms with E-state index >= 15 is 0 Å². The van der Waals surface area contributed by atoms with Gasteiger partial charge in [-0.15, -0.1) is 0 Å². The van der Waals surface area contributed by atoms with Crippen LogP contribution < -0.4 is 9.47 Å². The quantitative estimate of drug-likeness (QED) is 0.791. The van der Waals surface area contributed by atoms with E-state index in [1.54, 1.807) is 26.4 Å². The van der Waals surface area contributed by atoms with Crippen molar-refractivity contribution >= 4 is 11.0 Å². The van der Waals surface area contributed by atoms with Crippen LogP contribution in [0.4, 0.5) is 0 Å². The number of ether oxygens (including phenoxy) is 2. The summed E-state index contributed by atoms with van der Waals surface area (Å²) in [6, 6.07) is 3.56. The van der Waals surface area contributed by atoms with Gasteiger partial charge in [0.05, 0.1) is 25.3 Å². The third kappa shape index (κ3) is 1.61. The molecule has 0 fully saturated rings. The third-order valence-electron chi connectivity index (χ3n) is 2.19. The van der Waals surface area contributed by atoms with Gasteiger partial charge in [-0.1, -0.05) is 0 Å². The SMILES string of the molecule is COc1cc2nc(CO)[nH]c2cc1OC. The minimum atomic E-state index is -0.112. The molecule has 0 saturated heterocycles. The van der Waals surface area contributed by atoms with Crippen LogP contribution in [-0.4, -0.2) is 29.3 Å². The summed E-state index contributed by atoms with van der Waals surface area (Å²) >= 11 is 0. The number of aliphatic hydroxyl groups is 1. The van der Waals surface area contributed by atoms with E-state index in [-0.39, 0.29) is 6.61 Å². The number of nitrogens with zero attached hydrogens (tertiary/aromatic N) is 1. The number of hydrogen-bond acceptors (Lipinski definition) is 4. The largest absolute Gasteiger partial charge is 0.493 e. The van der Waals surface area contributed by atoms with Gasteiger partial charge >= 0.3 is 0 Å². The second kappa shape index (κ2) is 3.78. The van der Waals surface area contributed by atoms with Crippen molar-refractivity contribution in [2.45, 2.75) is 6.61 Å². The first-order valence-corrected chi connectivity index (χ1v) is 4.50. The smallest absolute Gasteiger partial charge is 0.163 e. The highest BCUT2D eigenvalue weighted by atomic mass is 16.5. The van der Waals surface area contributed by atoms with Gasteiger partial charge in [-0.25, -0.2) is 4.98 Å². The van der Waals surface area contributed by atoms with Crippen molar-refractivity contribution in [2.75, 3.05) is 14.2 Å². The van der Waals surface area contributed by atoms with Gasteiger partial charge in [0.1, 0.15) is 12.4 Å². The van der Waals surface area contributed by atoms with Gasteiger partial charge in [-0.05, 0) is 0 Å². The summed E-state index contributed by atoms with van der Waals surface area (Å²) in [6.07, 6.45) is 0. The standard InChI is InChI=1S/C10H12N2O3/c1-14-8-3-6-7(4-9(8)15-2)12-10(5-13)11-6/h3-4,13H,5H2,1-2H3,(H,11,12). The Morgan fingerprint density at radius 3 is 2.53 bits per heavy atom. The van der Waals surface area contributed by atoms with Gasteiger partial charge in [-0.2, -0.15) is 0 Å². The van der Waals surface area contributed by atoms with E-state index in [1.807, 2.05) is 0 Å². The molecule has 0 bridgehead atoms. The monoisotopic (exact) mass is 208 g/mol. The van der Waals surface area contributed by atoms with E-state index < -0.39 is 0 Å². The number of imidazole rings is 1. The molecule has 2 aromatic rings. The Hall–Kier alpha value is -1.75. The fourth-order valence-corrected chi connectivity index (χ4v) is 1.46. The Morgan fingerprint density at radius 2 is 1.93 bits per heavy atom. The maximum atomic E-state index is 8.94. The summed E-state index contributed by atoms with van der Waals surface area (Å²) in [6.45, 7) is -0.112. The molecular weight excluding hydrogens is 196 g/mol. The van der Waals surface area contributed by atoms with Crippen LogP contribution in [-0.2, 0) is 6.61 Å². The average molecular weight is 208 g/mol. The van der Waals surface area contributed by atoms with Gasteiger partial charge in [0.2, 0.25) is 0 Å². The molecule has 5 nitrogen and oxygen atoms in total. The molecule has 0 saturated carbocycles. The molecule has 15 heavy (non-hydrogen) atoms. The van der Waals surface area contributed by atoms with Crippen LogP contribution in [0.5, 0.6) is 11.5 Å². The van der Waals surface area contributed by atoms with Gasteiger partial charge in [-0.3, -0.25) is 0 Å². The predicted molar refractivity (Wildman–Crippen MR) is 55.1 cm³/mol. The molecule has 0 aliphatic heterocycles. The van der Waals surface area contributed by atoms with Crippen molar-refractivity contribution < 1.29 is 14.6 Å². The Kier molecular flexibility index (Phi) is 2.47. The molecule has 1 aromatic heterocycles. The number of aromatic nitrogens is 2. The van der Waals surface area contributed by atoms with Gasteiger partial charge in [0, 0.05) is 12.1 Å². The zero-order chi connectivity index (χ0) is 10.8. The van der Waals surface area contributed by atoms with Crippen molar-refractivity contribution in [3.63, 3.8) is 0 Å². The molecule has 1 aromatic carbocycles. The summed E-state index contributed by atoms with van der Waals surface area (Å²) < 4.78 is 10.3. The number of aliphatic hydroxyl groups excluding tert-OH is 1. The van der Waals surface area contributed by atoms with E-state index in [1.165, 1.54) is 0 Å². The first-order valence-electron chi connectivity index (χ1n) is 4.50. The molecule has 2 rings (SSSR count). The third-order valence-corrected chi connectivity index (χ3v) is 2.19. The Balaban J connectivity index is 2.61. The maximum absolute atomic E-state index is 8.94. The molecular formula is C10H12N2O3. The number of methoxy groups -OCH3 is 2. The lowest BCUT2D eigenvalue weighted by Crippen LogP contribution is -1.89. The van der Waals surface area contributed by atoms with Crippen LogP contribution >= 0.6 is 0 Å². The van der Waals surface area contributed by atoms with Gasteiger partial charge < -0.3 is 19.6 Å². The topological polar surface area (TPSA) is 67.4 Å². The number of rotatable bonds is 3. The maximum Gasteiger partial charge on any atom is 0.163 e. The summed E-state index contributed by atoms with van der Waals surface area (Å²) in [4.78, 5) is 7.15. The fraction of sp³-hybridized carbons (Fsp3) is 0.300. The summed E-state index contributed by atoms with van der Waals surface area (Å²) in [5.41, 5.74) is 1.56. The fourth-order valence-electron chi connectivity index (χ4n) is 1.46. The van der Waals surface area contributed by atoms with Crippen LogP contribution in [0.15, 0.2) is 12.1 Å². The number of nitrogens with one attached hydrogen (secondary N) is 1. The van der Waals surface area contributed by atoms with E-state index in [4.69, 9.17) is 14.6 Å². The van der Waals surface area contributed by atoms with Crippen molar-refractivity contribution in [1.82, 2.24) is 9.97 Å². The molecule has 0 amide bonds. The van der Waals surface area contributed by atoms with Crippen LogP contribution in [0.2, 0.25) is 0 Å². The molecule has 0 aliphatic carbocycles. The Labute approximate surface area is 86.7 Å². The van der Waals surface area contributed by atoms with Crippen molar-refractivity contribution in [1.29, 1.82) is 0 Å². The summed E-state index contributed by atoms with van der Waals surface area (Å²) in [5.74, 6) is 1.79. The minimum absolute atomic E-state index is 0.112. The highest BCUT2D eigenvalue weighted by Crippen LogP contribution is 2.30. The second-order valence-electron chi connectivity index (χ2n) is 3.07. The van der Waals surface area contributed by atoms with Crippen LogP contribution in [0, 0.1) is 0 Å². The van der Waals surface area contributed by atoms with Crippen LogP contribution in [0.3, 0.4) is 0 Å². The lowest BCUT2D eigenvalue weighted by atomic mass is 10.3. The summed E-state index contributed by atoms with van der Waals surface area (Å²) in [7, 11) is 3.15. The van der Waals surface area contributed by atoms with Gasteiger partial charge in [0.15, 0.2) is 11.5 Å². The van der Waals surface area contributed by atoms with Crippen LogP contribution in [0.25, 0.3) is 11.0 Å². The lowest BCUT2D eigenvalue weighted by Gasteiger charge is -2.06. The van der Waals surface area contributed by atoms with E-state index in [0.29, 0.717) is 17.3 Å². The second-order valence-corrected chi connectivity index (χ2v) is 3.07.